The zero-order chi connectivity index (χ0) is 19.5. The monoisotopic (exact) mass is 370 g/mol. The van der Waals surface area contributed by atoms with E-state index in [4.69, 9.17) is 13.7 Å². The minimum atomic E-state index is -0.442. The molecule has 0 atom stereocenters. The summed E-state index contributed by atoms with van der Waals surface area (Å²) in [6.07, 6.45) is 0. The molecule has 28 heavy (non-hydrogen) atoms. The Hall–Kier alpha value is -2.56. The van der Waals surface area contributed by atoms with Gasteiger partial charge in [-0.15, -0.1) is 0 Å². The van der Waals surface area contributed by atoms with Gasteiger partial charge in [0.05, 0.1) is 11.2 Å². The molecule has 0 bridgehead atoms. The molecule has 3 nitrogen and oxygen atoms in total. The van der Waals surface area contributed by atoms with Crippen LogP contribution in [0.1, 0.15) is 27.7 Å². The summed E-state index contributed by atoms with van der Waals surface area (Å²) in [6.45, 7) is 8.27. The number of hydrogen-bond donors (Lipinski definition) is 0. The normalized spacial score (nSPS) is 18.2. The third-order valence-electron chi connectivity index (χ3n) is 6.14. The Morgan fingerprint density at radius 3 is 2.11 bits per heavy atom. The topological polar surface area (TPSA) is 31.6 Å². The average Bonchev–Trinajstić information content (AvgIpc) is 3.15. The van der Waals surface area contributed by atoms with Crippen LogP contribution in [0.15, 0.2) is 71.1 Å². The summed E-state index contributed by atoms with van der Waals surface area (Å²) in [5, 5.41) is 2.19. The van der Waals surface area contributed by atoms with E-state index in [9.17, 15) is 0 Å². The van der Waals surface area contributed by atoms with Crippen molar-refractivity contribution in [1.29, 1.82) is 0 Å². The van der Waals surface area contributed by atoms with Gasteiger partial charge in [0, 0.05) is 16.2 Å². The van der Waals surface area contributed by atoms with Crippen LogP contribution in [0, 0.1) is 0 Å². The zero-order valence-corrected chi connectivity index (χ0v) is 16.7. The third kappa shape index (κ3) is 2.60. The molecule has 4 aromatic rings. The van der Waals surface area contributed by atoms with Crippen molar-refractivity contribution in [2.24, 2.45) is 0 Å². The lowest BCUT2D eigenvalue weighted by atomic mass is 9.78. The molecule has 140 valence electrons. The summed E-state index contributed by atoms with van der Waals surface area (Å²) in [5.41, 5.74) is 4.25. The molecular formula is C24H23BO3. The lowest BCUT2D eigenvalue weighted by Gasteiger charge is -2.32. The summed E-state index contributed by atoms with van der Waals surface area (Å²) in [4.78, 5) is 0. The Morgan fingerprint density at radius 2 is 1.39 bits per heavy atom. The number of furan rings is 1. The van der Waals surface area contributed by atoms with Crippen LogP contribution in [0.4, 0.5) is 0 Å². The molecule has 0 radical (unpaired) electrons. The van der Waals surface area contributed by atoms with E-state index < -0.39 is 7.12 Å². The Labute approximate surface area is 165 Å². The Balaban J connectivity index is 1.66. The summed E-state index contributed by atoms with van der Waals surface area (Å²) in [6, 6.07) is 22.9. The maximum absolute atomic E-state index is 6.27. The fourth-order valence-corrected chi connectivity index (χ4v) is 3.79. The van der Waals surface area contributed by atoms with Crippen molar-refractivity contribution >= 4 is 34.5 Å². The number of hydrogen-bond acceptors (Lipinski definition) is 3. The highest BCUT2D eigenvalue weighted by molar-refractivity contribution is 6.65. The van der Waals surface area contributed by atoms with Gasteiger partial charge in [-0.1, -0.05) is 54.6 Å². The van der Waals surface area contributed by atoms with Crippen molar-refractivity contribution in [3.8, 4) is 11.1 Å². The van der Waals surface area contributed by atoms with Gasteiger partial charge in [0.25, 0.3) is 0 Å². The number of rotatable bonds is 2. The maximum atomic E-state index is 6.27. The molecule has 1 aromatic heterocycles. The van der Waals surface area contributed by atoms with Crippen LogP contribution in [0.3, 0.4) is 0 Å². The van der Waals surface area contributed by atoms with Crippen LogP contribution in [-0.2, 0) is 9.31 Å². The first kappa shape index (κ1) is 17.5. The molecular weight excluding hydrogens is 347 g/mol. The van der Waals surface area contributed by atoms with Crippen LogP contribution in [0.5, 0.6) is 0 Å². The highest BCUT2D eigenvalue weighted by Crippen LogP contribution is 2.38. The lowest BCUT2D eigenvalue weighted by molar-refractivity contribution is 0.00578. The zero-order valence-electron chi connectivity index (χ0n) is 16.7. The largest absolute Gasteiger partial charge is 0.498 e. The molecule has 1 fully saturated rings. The van der Waals surface area contributed by atoms with Crippen molar-refractivity contribution in [1.82, 2.24) is 0 Å². The van der Waals surface area contributed by atoms with E-state index >= 15 is 0 Å². The van der Waals surface area contributed by atoms with Gasteiger partial charge in [0.2, 0.25) is 0 Å². The van der Waals surface area contributed by atoms with E-state index in [0.29, 0.717) is 0 Å². The molecule has 0 unspecified atom stereocenters. The second kappa shape index (κ2) is 5.97. The quantitative estimate of drug-likeness (QED) is 0.434. The van der Waals surface area contributed by atoms with E-state index in [1.165, 1.54) is 11.1 Å². The molecule has 0 N–H and O–H groups in total. The molecule has 5 rings (SSSR count). The van der Waals surface area contributed by atoms with Gasteiger partial charge in [0.1, 0.15) is 11.2 Å². The molecule has 0 spiro atoms. The van der Waals surface area contributed by atoms with Crippen molar-refractivity contribution < 1.29 is 13.7 Å². The van der Waals surface area contributed by atoms with Gasteiger partial charge in [-0.2, -0.15) is 0 Å². The first-order valence-corrected chi connectivity index (χ1v) is 9.72. The molecule has 1 aliphatic rings. The maximum Gasteiger partial charge on any atom is 0.498 e. The minimum absolute atomic E-state index is 0.383. The first-order valence-electron chi connectivity index (χ1n) is 9.72. The molecule has 4 heteroatoms. The van der Waals surface area contributed by atoms with Gasteiger partial charge in [-0.25, -0.2) is 0 Å². The van der Waals surface area contributed by atoms with Crippen molar-refractivity contribution in [2.75, 3.05) is 0 Å². The first-order chi connectivity index (χ1) is 13.4. The molecule has 1 aliphatic heterocycles. The predicted molar refractivity (Wildman–Crippen MR) is 115 cm³/mol. The minimum Gasteiger partial charge on any atom is -0.456 e. The fourth-order valence-electron chi connectivity index (χ4n) is 3.79. The fraction of sp³-hybridized carbons (Fsp3) is 0.250. The van der Waals surface area contributed by atoms with Crippen molar-refractivity contribution in [3.05, 3.63) is 66.7 Å². The van der Waals surface area contributed by atoms with E-state index in [-0.39, 0.29) is 11.2 Å². The Kier molecular flexibility index (Phi) is 3.74. The number of fused-ring (bicyclic) bond motifs is 3. The van der Waals surface area contributed by atoms with Crippen LogP contribution in [-0.4, -0.2) is 18.3 Å². The van der Waals surface area contributed by atoms with E-state index in [1.807, 2.05) is 24.3 Å². The van der Waals surface area contributed by atoms with Crippen LogP contribution < -0.4 is 5.46 Å². The molecule has 0 amide bonds. The Bertz CT molecular complexity index is 1160. The SMILES string of the molecule is CC1(C)OB(c2cccc3c2oc2ccc(-c4ccccc4)cc23)OC1(C)C. The predicted octanol–water partition coefficient (Wildman–Crippen LogP) is 5.55. The molecule has 2 heterocycles. The molecule has 0 aliphatic carbocycles. The lowest BCUT2D eigenvalue weighted by Crippen LogP contribution is -2.41. The highest BCUT2D eigenvalue weighted by Gasteiger charge is 2.52. The summed E-state index contributed by atoms with van der Waals surface area (Å²) in [5.74, 6) is 0. The number of benzene rings is 3. The van der Waals surface area contributed by atoms with E-state index in [2.05, 4.69) is 70.2 Å². The average molecular weight is 370 g/mol. The summed E-state index contributed by atoms with van der Waals surface area (Å²) in [7, 11) is -0.442. The second-order valence-corrected chi connectivity index (χ2v) is 8.49. The van der Waals surface area contributed by atoms with E-state index in [1.54, 1.807) is 0 Å². The van der Waals surface area contributed by atoms with Crippen LogP contribution >= 0.6 is 0 Å². The van der Waals surface area contributed by atoms with E-state index in [0.717, 1.165) is 27.4 Å². The summed E-state index contributed by atoms with van der Waals surface area (Å²) < 4.78 is 18.8. The second-order valence-electron chi connectivity index (χ2n) is 8.49. The van der Waals surface area contributed by atoms with Crippen molar-refractivity contribution in [3.63, 3.8) is 0 Å². The third-order valence-corrected chi connectivity index (χ3v) is 6.14. The van der Waals surface area contributed by atoms with Crippen LogP contribution in [0.25, 0.3) is 33.1 Å². The van der Waals surface area contributed by atoms with Gasteiger partial charge in [-0.3, -0.25) is 0 Å². The van der Waals surface area contributed by atoms with Crippen LogP contribution in [0.2, 0.25) is 0 Å². The molecule has 0 saturated carbocycles. The standard InChI is InChI=1S/C24H23BO3/c1-23(2)24(3,4)28-25(27-23)20-12-8-11-18-19-15-17(16-9-6-5-7-10-16)13-14-21(19)26-22(18)20/h5-15H,1-4H3. The highest BCUT2D eigenvalue weighted by atomic mass is 16.7. The van der Waals surface area contributed by atoms with Gasteiger partial charge >= 0.3 is 7.12 Å². The van der Waals surface area contributed by atoms with Crippen molar-refractivity contribution in [2.45, 2.75) is 38.9 Å². The van der Waals surface area contributed by atoms with Gasteiger partial charge in [-0.05, 0) is 51.0 Å². The van der Waals surface area contributed by atoms with Gasteiger partial charge < -0.3 is 13.7 Å². The number of para-hydroxylation sites is 1. The smallest absolute Gasteiger partial charge is 0.456 e. The summed E-state index contributed by atoms with van der Waals surface area (Å²) >= 11 is 0. The molecule has 3 aromatic carbocycles. The Morgan fingerprint density at radius 1 is 0.679 bits per heavy atom. The molecule has 1 saturated heterocycles. The van der Waals surface area contributed by atoms with Gasteiger partial charge in [0.15, 0.2) is 0 Å².